The fourth-order valence-corrected chi connectivity index (χ4v) is 1.76. The molecule has 0 aliphatic heterocycles. The summed E-state index contributed by atoms with van der Waals surface area (Å²) in [6.45, 7) is 3.69. The molecule has 94 valence electrons. The number of aromatic nitrogens is 2. The third kappa shape index (κ3) is 2.34. The summed E-state index contributed by atoms with van der Waals surface area (Å²) in [7, 11) is 1.71. The molecule has 0 atom stereocenters. The van der Waals surface area contributed by atoms with Gasteiger partial charge in [-0.05, 0) is 37.6 Å². The van der Waals surface area contributed by atoms with E-state index in [1.807, 2.05) is 19.9 Å². The van der Waals surface area contributed by atoms with Crippen molar-refractivity contribution in [2.24, 2.45) is 7.05 Å². The Hall–Kier alpha value is -2.30. The minimum atomic E-state index is -0.294. The minimum Gasteiger partial charge on any atom is -0.506 e. The molecule has 0 aliphatic carbocycles. The van der Waals surface area contributed by atoms with Crippen molar-refractivity contribution in [2.75, 3.05) is 5.32 Å². The summed E-state index contributed by atoms with van der Waals surface area (Å²) in [5, 5.41) is 16.5. The number of hydrogen-bond acceptors (Lipinski definition) is 3. The normalized spacial score (nSPS) is 10.4. The highest BCUT2D eigenvalue weighted by molar-refractivity contribution is 6.03. The molecule has 0 saturated heterocycles. The van der Waals surface area contributed by atoms with E-state index >= 15 is 0 Å². The third-order valence-electron chi connectivity index (χ3n) is 2.64. The highest BCUT2D eigenvalue weighted by atomic mass is 16.3. The maximum Gasteiger partial charge on any atom is 0.274 e. The Bertz CT molecular complexity index is 602. The first-order chi connectivity index (χ1) is 8.47. The van der Waals surface area contributed by atoms with E-state index in [9.17, 15) is 9.90 Å². The van der Waals surface area contributed by atoms with Crippen LogP contribution in [0.25, 0.3) is 0 Å². The minimum absolute atomic E-state index is 0.0576. The van der Waals surface area contributed by atoms with Crippen LogP contribution in [0.2, 0.25) is 0 Å². The zero-order valence-corrected chi connectivity index (χ0v) is 10.6. The van der Waals surface area contributed by atoms with Gasteiger partial charge in [-0.25, -0.2) is 0 Å². The maximum atomic E-state index is 12.0. The Morgan fingerprint density at radius 2 is 2.06 bits per heavy atom. The lowest BCUT2D eigenvalue weighted by molar-refractivity contribution is 0.101. The van der Waals surface area contributed by atoms with Crippen molar-refractivity contribution in [3.63, 3.8) is 0 Å². The molecule has 2 rings (SSSR count). The highest BCUT2D eigenvalue weighted by Crippen LogP contribution is 2.24. The molecule has 0 bridgehead atoms. The largest absolute Gasteiger partial charge is 0.506 e. The first kappa shape index (κ1) is 12.2. The number of nitrogens with zero attached hydrogens (tertiary/aromatic N) is 2. The van der Waals surface area contributed by atoms with Crippen molar-refractivity contribution in [3.8, 4) is 5.75 Å². The SMILES string of the molecule is Cc1ccc(NC(=O)c2cc(C)nn2C)c(O)c1. The lowest BCUT2D eigenvalue weighted by Crippen LogP contribution is -2.16. The number of nitrogens with one attached hydrogen (secondary N) is 1. The van der Waals surface area contributed by atoms with Crippen LogP contribution in [0, 0.1) is 13.8 Å². The molecule has 0 spiro atoms. The van der Waals surface area contributed by atoms with Crippen molar-refractivity contribution in [2.45, 2.75) is 13.8 Å². The summed E-state index contributed by atoms with van der Waals surface area (Å²) < 4.78 is 1.51. The van der Waals surface area contributed by atoms with Gasteiger partial charge >= 0.3 is 0 Å². The number of hydrogen-bond donors (Lipinski definition) is 2. The molecule has 1 amide bonds. The Kier molecular flexibility index (Phi) is 3.06. The summed E-state index contributed by atoms with van der Waals surface area (Å²) in [4.78, 5) is 12.0. The molecule has 18 heavy (non-hydrogen) atoms. The number of anilines is 1. The molecule has 2 N–H and O–H groups in total. The smallest absolute Gasteiger partial charge is 0.274 e. The molecule has 5 nitrogen and oxygen atoms in total. The van der Waals surface area contributed by atoms with E-state index in [2.05, 4.69) is 10.4 Å². The van der Waals surface area contributed by atoms with Crippen molar-refractivity contribution < 1.29 is 9.90 Å². The summed E-state index contributed by atoms with van der Waals surface area (Å²) in [6.07, 6.45) is 0. The van der Waals surface area contributed by atoms with Gasteiger partial charge in [0.2, 0.25) is 0 Å². The Morgan fingerprint density at radius 3 is 2.61 bits per heavy atom. The molecule has 5 heteroatoms. The van der Waals surface area contributed by atoms with E-state index in [0.717, 1.165) is 11.3 Å². The fraction of sp³-hybridized carbons (Fsp3) is 0.231. The molecule has 1 heterocycles. The fourth-order valence-electron chi connectivity index (χ4n) is 1.76. The topological polar surface area (TPSA) is 67.2 Å². The summed E-state index contributed by atoms with van der Waals surface area (Å²) in [5.74, 6) is -0.237. The number of benzene rings is 1. The van der Waals surface area contributed by atoms with E-state index in [1.54, 1.807) is 25.2 Å². The average molecular weight is 245 g/mol. The van der Waals surface area contributed by atoms with Crippen LogP contribution >= 0.6 is 0 Å². The molecule has 0 unspecified atom stereocenters. The first-order valence-corrected chi connectivity index (χ1v) is 5.59. The second-order valence-corrected chi connectivity index (χ2v) is 4.27. The quantitative estimate of drug-likeness (QED) is 0.795. The van der Waals surface area contributed by atoms with Gasteiger partial charge in [0.1, 0.15) is 11.4 Å². The number of rotatable bonds is 2. The monoisotopic (exact) mass is 245 g/mol. The van der Waals surface area contributed by atoms with Gasteiger partial charge in [-0.2, -0.15) is 5.10 Å². The molecule has 0 aliphatic rings. The Morgan fingerprint density at radius 1 is 1.33 bits per heavy atom. The number of amides is 1. The van der Waals surface area contributed by atoms with Crippen LogP contribution in [0.4, 0.5) is 5.69 Å². The number of aromatic hydroxyl groups is 1. The van der Waals surface area contributed by atoms with E-state index in [-0.39, 0.29) is 11.7 Å². The molecule has 0 saturated carbocycles. The molecule has 0 fully saturated rings. The van der Waals surface area contributed by atoms with Crippen LogP contribution < -0.4 is 5.32 Å². The standard InChI is InChI=1S/C13H15N3O2/c1-8-4-5-10(12(17)6-8)14-13(18)11-7-9(2)15-16(11)3/h4-7,17H,1-3H3,(H,14,18). The van der Waals surface area contributed by atoms with Crippen molar-refractivity contribution in [1.82, 2.24) is 9.78 Å². The zero-order valence-electron chi connectivity index (χ0n) is 10.6. The van der Waals surface area contributed by atoms with Crippen LogP contribution in [-0.2, 0) is 7.05 Å². The van der Waals surface area contributed by atoms with Crippen LogP contribution in [0.1, 0.15) is 21.7 Å². The molecule has 0 radical (unpaired) electrons. The number of carbonyl (C=O) groups is 1. The summed E-state index contributed by atoms with van der Waals surface area (Å²) in [5.41, 5.74) is 2.55. The highest BCUT2D eigenvalue weighted by Gasteiger charge is 2.13. The Balaban J connectivity index is 2.24. The lowest BCUT2D eigenvalue weighted by Gasteiger charge is -2.07. The first-order valence-electron chi connectivity index (χ1n) is 5.59. The predicted octanol–water partition coefficient (Wildman–Crippen LogP) is 1.99. The predicted molar refractivity (Wildman–Crippen MR) is 68.7 cm³/mol. The van der Waals surface area contributed by atoms with Crippen LogP contribution in [-0.4, -0.2) is 20.8 Å². The second-order valence-electron chi connectivity index (χ2n) is 4.27. The van der Waals surface area contributed by atoms with Crippen molar-refractivity contribution in [1.29, 1.82) is 0 Å². The van der Waals surface area contributed by atoms with Gasteiger partial charge in [-0.3, -0.25) is 9.48 Å². The second kappa shape index (κ2) is 4.52. The van der Waals surface area contributed by atoms with Gasteiger partial charge in [0, 0.05) is 7.05 Å². The van der Waals surface area contributed by atoms with Crippen LogP contribution in [0.15, 0.2) is 24.3 Å². The van der Waals surface area contributed by atoms with E-state index in [4.69, 9.17) is 0 Å². The lowest BCUT2D eigenvalue weighted by atomic mass is 10.2. The number of carbonyl (C=O) groups excluding carboxylic acids is 1. The molecular weight excluding hydrogens is 230 g/mol. The summed E-state index contributed by atoms with van der Waals surface area (Å²) >= 11 is 0. The molecule has 1 aromatic carbocycles. The zero-order chi connectivity index (χ0) is 13.3. The van der Waals surface area contributed by atoms with E-state index < -0.39 is 0 Å². The van der Waals surface area contributed by atoms with E-state index in [0.29, 0.717) is 11.4 Å². The summed E-state index contributed by atoms with van der Waals surface area (Å²) in [6, 6.07) is 6.79. The Labute approximate surface area is 105 Å². The van der Waals surface area contributed by atoms with Crippen LogP contribution in [0.3, 0.4) is 0 Å². The third-order valence-corrected chi connectivity index (χ3v) is 2.64. The number of phenolic OH excluding ortho intramolecular Hbond substituents is 1. The van der Waals surface area contributed by atoms with Gasteiger partial charge in [0.05, 0.1) is 11.4 Å². The molecule has 2 aromatic rings. The van der Waals surface area contributed by atoms with Gasteiger partial charge in [0.25, 0.3) is 5.91 Å². The molecule has 1 aromatic heterocycles. The average Bonchev–Trinajstić information content (AvgIpc) is 2.62. The van der Waals surface area contributed by atoms with E-state index in [1.165, 1.54) is 4.68 Å². The number of aryl methyl sites for hydroxylation is 3. The molecular formula is C13H15N3O2. The van der Waals surface area contributed by atoms with Gasteiger partial charge < -0.3 is 10.4 Å². The van der Waals surface area contributed by atoms with Gasteiger partial charge in [0.15, 0.2) is 0 Å². The van der Waals surface area contributed by atoms with Gasteiger partial charge in [-0.15, -0.1) is 0 Å². The number of phenols is 1. The van der Waals surface area contributed by atoms with Crippen molar-refractivity contribution >= 4 is 11.6 Å². The van der Waals surface area contributed by atoms with Gasteiger partial charge in [-0.1, -0.05) is 6.07 Å². The van der Waals surface area contributed by atoms with Crippen molar-refractivity contribution in [3.05, 3.63) is 41.2 Å². The van der Waals surface area contributed by atoms with Crippen LogP contribution in [0.5, 0.6) is 5.75 Å². The maximum absolute atomic E-state index is 12.0.